The summed E-state index contributed by atoms with van der Waals surface area (Å²) in [5.41, 5.74) is 1.36. The van der Waals surface area contributed by atoms with Crippen molar-refractivity contribution in [1.29, 1.82) is 0 Å². The lowest BCUT2D eigenvalue weighted by Crippen LogP contribution is -2.62. The molecule has 2 aromatic rings. The number of carbonyl (C=O) groups is 3. The van der Waals surface area contributed by atoms with Crippen LogP contribution in [0.2, 0.25) is 5.02 Å². The van der Waals surface area contributed by atoms with Crippen LogP contribution in [0.15, 0.2) is 54.6 Å². The molecule has 3 amide bonds. The van der Waals surface area contributed by atoms with Gasteiger partial charge >= 0.3 is 0 Å². The Morgan fingerprint density at radius 1 is 1.13 bits per heavy atom. The number of hydrogen-bond acceptors (Lipinski definition) is 4. The summed E-state index contributed by atoms with van der Waals surface area (Å²) in [6.45, 7) is 0.738. The van der Waals surface area contributed by atoms with Gasteiger partial charge in [0.25, 0.3) is 5.91 Å². The van der Waals surface area contributed by atoms with Gasteiger partial charge < -0.3 is 20.3 Å². The molecule has 0 radical (unpaired) electrons. The lowest BCUT2D eigenvalue weighted by atomic mass is 10.1. The van der Waals surface area contributed by atoms with Gasteiger partial charge in [0, 0.05) is 12.6 Å². The first kappa shape index (κ1) is 20.4. The maximum atomic E-state index is 12.8. The Balaban J connectivity index is 1.34. The Hall–Kier alpha value is -2.90. The first-order valence-electron chi connectivity index (χ1n) is 9.81. The number of hydrogen-bond donors (Lipinski definition) is 2. The number of piperazine rings is 1. The number of carbonyl (C=O) groups excluding carboxylic acids is 3. The zero-order chi connectivity index (χ0) is 21.1. The maximum Gasteiger partial charge on any atom is 0.253 e. The number of halogens is 1. The number of nitrogens with one attached hydrogen (secondary N) is 2. The maximum absolute atomic E-state index is 12.8. The van der Waals surface area contributed by atoms with Crippen LogP contribution < -0.4 is 10.6 Å². The van der Waals surface area contributed by atoms with Crippen molar-refractivity contribution in [2.24, 2.45) is 0 Å². The Kier molecular flexibility index (Phi) is 6.01. The Bertz CT molecular complexity index is 952. The van der Waals surface area contributed by atoms with E-state index in [-0.39, 0.29) is 36.9 Å². The lowest BCUT2D eigenvalue weighted by molar-refractivity contribution is -0.148. The third kappa shape index (κ3) is 4.32. The van der Waals surface area contributed by atoms with Gasteiger partial charge in [0.2, 0.25) is 11.8 Å². The highest BCUT2D eigenvalue weighted by molar-refractivity contribution is 6.33. The number of amides is 3. The van der Waals surface area contributed by atoms with E-state index in [0.29, 0.717) is 23.6 Å². The van der Waals surface area contributed by atoms with E-state index in [2.05, 4.69) is 10.6 Å². The third-order valence-corrected chi connectivity index (χ3v) is 5.68. The molecule has 2 fully saturated rings. The third-order valence-electron chi connectivity index (χ3n) is 5.35. The number of fused-ring (bicyclic) bond motifs is 1. The Morgan fingerprint density at radius 2 is 1.87 bits per heavy atom. The van der Waals surface area contributed by atoms with Crippen LogP contribution in [-0.2, 0) is 20.9 Å². The van der Waals surface area contributed by atoms with Crippen LogP contribution in [0.1, 0.15) is 22.3 Å². The predicted octanol–water partition coefficient (Wildman–Crippen LogP) is 1.75. The molecule has 2 aliphatic rings. The van der Waals surface area contributed by atoms with Crippen LogP contribution in [-0.4, -0.2) is 53.9 Å². The van der Waals surface area contributed by atoms with Gasteiger partial charge in [0.05, 0.1) is 23.8 Å². The number of benzene rings is 2. The summed E-state index contributed by atoms with van der Waals surface area (Å²) in [6.07, 6.45) is 0.366. The zero-order valence-corrected chi connectivity index (χ0v) is 17.0. The summed E-state index contributed by atoms with van der Waals surface area (Å²) in [7, 11) is 0. The largest absolute Gasteiger partial charge is 0.374 e. The summed E-state index contributed by atoms with van der Waals surface area (Å²) in [4.78, 5) is 39.4. The molecule has 4 rings (SSSR count). The fraction of sp³-hybridized carbons (Fsp3) is 0.318. The van der Waals surface area contributed by atoms with E-state index in [4.69, 9.17) is 16.3 Å². The summed E-state index contributed by atoms with van der Waals surface area (Å²) in [5.74, 6) is -0.736. The molecule has 2 aromatic carbocycles. The van der Waals surface area contributed by atoms with Gasteiger partial charge in [-0.1, -0.05) is 54.1 Å². The molecule has 156 valence electrons. The fourth-order valence-corrected chi connectivity index (χ4v) is 4.07. The second-order valence-electron chi connectivity index (χ2n) is 7.45. The molecule has 2 aliphatic heterocycles. The van der Waals surface area contributed by atoms with Gasteiger partial charge in [0.15, 0.2) is 0 Å². The molecule has 3 atom stereocenters. The van der Waals surface area contributed by atoms with Crippen molar-refractivity contribution in [3.05, 3.63) is 70.7 Å². The summed E-state index contributed by atoms with van der Waals surface area (Å²) >= 11 is 6.08. The SMILES string of the molecule is O=C(N[C@H]1C[C@H]2C(=O)N[C@@H](COCc3ccccc3)C(=O)N2C1)c1ccccc1Cl. The molecule has 0 bridgehead atoms. The fourth-order valence-electron chi connectivity index (χ4n) is 3.85. The van der Waals surface area contributed by atoms with Gasteiger partial charge in [-0.15, -0.1) is 0 Å². The van der Waals surface area contributed by atoms with Crippen molar-refractivity contribution in [2.45, 2.75) is 31.2 Å². The Morgan fingerprint density at radius 3 is 2.63 bits per heavy atom. The molecule has 30 heavy (non-hydrogen) atoms. The average molecular weight is 428 g/mol. The molecular weight excluding hydrogens is 406 g/mol. The molecule has 0 unspecified atom stereocenters. The number of ether oxygens (including phenoxy) is 1. The normalized spacial score (nSPS) is 23.1. The highest BCUT2D eigenvalue weighted by Crippen LogP contribution is 2.24. The minimum Gasteiger partial charge on any atom is -0.374 e. The molecular formula is C22H22ClN3O4. The summed E-state index contributed by atoms with van der Waals surface area (Å²) in [5, 5.41) is 5.99. The average Bonchev–Trinajstić information content (AvgIpc) is 3.17. The second kappa shape index (κ2) is 8.85. The van der Waals surface area contributed by atoms with Crippen molar-refractivity contribution in [2.75, 3.05) is 13.2 Å². The van der Waals surface area contributed by atoms with E-state index in [0.717, 1.165) is 5.56 Å². The van der Waals surface area contributed by atoms with Crippen molar-refractivity contribution in [1.82, 2.24) is 15.5 Å². The lowest BCUT2D eigenvalue weighted by Gasteiger charge is -2.34. The monoisotopic (exact) mass is 427 g/mol. The Labute approximate surface area is 179 Å². The predicted molar refractivity (Wildman–Crippen MR) is 111 cm³/mol. The molecule has 8 heteroatoms. The highest BCUT2D eigenvalue weighted by Gasteiger charge is 2.46. The number of nitrogens with zero attached hydrogens (tertiary/aromatic N) is 1. The number of rotatable bonds is 6. The van der Waals surface area contributed by atoms with Crippen molar-refractivity contribution >= 4 is 29.3 Å². The minimum atomic E-state index is -0.726. The molecule has 2 saturated heterocycles. The first-order valence-corrected chi connectivity index (χ1v) is 10.2. The first-order chi connectivity index (χ1) is 14.5. The summed E-state index contributed by atoms with van der Waals surface area (Å²) in [6, 6.07) is 14.7. The molecule has 7 nitrogen and oxygen atoms in total. The van der Waals surface area contributed by atoms with E-state index in [1.165, 1.54) is 4.90 Å². The quantitative estimate of drug-likeness (QED) is 0.735. The second-order valence-corrected chi connectivity index (χ2v) is 7.86. The smallest absolute Gasteiger partial charge is 0.253 e. The molecule has 2 N–H and O–H groups in total. The van der Waals surface area contributed by atoms with Gasteiger partial charge in [-0.3, -0.25) is 14.4 Å². The zero-order valence-electron chi connectivity index (χ0n) is 16.2. The van der Waals surface area contributed by atoms with Crippen molar-refractivity contribution < 1.29 is 19.1 Å². The van der Waals surface area contributed by atoms with Crippen LogP contribution in [0.5, 0.6) is 0 Å². The molecule has 2 heterocycles. The van der Waals surface area contributed by atoms with Crippen LogP contribution in [0.3, 0.4) is 0 Å². The van der Waals surface area contributed by atoms with Gasteiger partial charge in [0.1, 0.15) is 12.1 Å². The van der Waals surface area contributed by atoms with Crippen LogP contribution in [0.4, 0.5) is 0 Å². The molecule has 0 saturated carbocycles. The van der Waals surface area contributed by atoms with Crippen LogP contribution in [0, 0.1) is 0 Å². The van der Waals surface area contributed by atoms with E-state index < -0.39 is 12.1 Å². The van der Waals surface area contributed by atoms with Gasteiger partial charge in [-0.05, 0) is 24.1 Å². The molecule has 0 aromatic heterocycles. The standard InChI is InChI=1S/C22H22ClN3O4/c23-17-9-5-4-8-16(17)20(27)24-15-10-19-21(28)25-18(22(29)26(19)11-15)13-30-12-14-6-2-1-3-7-14/h1-9,15,18-19H,10-13H2,(H,24,27)(H,25,28)/t15-,18-,19-/m0/s1. The molecule has 0 spiro atoms. The van der Waals surface area contributed by atoms with Crippen molar-refractivity contribution in [3.8, 4) is 0 Å². The van der Waals surface area contributed by atoms with E-state index in [1.807, 2.05) is 30.3 Å². The summed E-state index contributed by atoms with van der Waals surface area (Å²) < 4.78 is 5.64. The van der Waals surface area contributed by atoms with Crippen LogP contribution in [0.25, 0.3) is 0 Å². The topological polar surface area (TPSA) is 87.7 Å². The minimum absolute atomic E-state index is 0.0966. The van der Waals surface area contributed by atoms with Gasteiger partial charge in [-0.25, -0.2) is 0 Å². The molecule has 0 aliphatic carbocycles. The highest BCUT2D eigenvalue weighted by atomic mass is 35.5. The van der Waals surface area contributed by atoms with E-state index in [1.54, 1.807) is 24.3 Å². The van der Waals surface area contributed by atoms with Gasteiger partial charge in [-0.2, -0.15) is 0 Å². The van der Waals surface area contributed by atoms with E-state index >= 15 is 0 Å². The van der Waals surface area contributed by atoms with Crippen molar-refractivity contribution in [3.63, 3.8) is 0 Å². The van der Waals surface area contributed by atoms with Crippen LogP contribution >= 0.6 is 11.6 Å². The van der Waals surface area contributed by atoms with E-state index in [9.17, 15) is 14.4 Å².